The lowest BCUT2D eigenvalue weighted by atomic mass is 10.2. The maximum Gasteiger partial charge on any atom is 0.324 e. The third kappa shape index (κ3) is 3.68. The molecule has 0 rings (SSSR count). The standard InChI is InChI=1S/C6H12O5S/c1-2-3-4-5(6(7)8)12(9,10)11/h5H,2-4H2,1H3,(H,7,8)(H,9,10,11)/t5-/m1/s1. The second-order valence-electron chi connectivity index (χ2n) is 2.48. The average Bonchev–Trinajstić information content (AvgIpc) is 1.84. The molecule has 0 aromatic rings. The first-order valence-electron chi connectivity index (χ1n) is 3.58. The molecule has 1 atom stereocenters. The molecule has 0 bridgehead atoms. The summed E-state index contributed by atoms with van der Waals surface area (Å²) in [5.74, 6) is -1.49. The van der Waals surface area contributed by atoms with Crippen LogP contribution in [0.5, 0.6) is 0 Å². The smallest absolute Gasteiger partial charge is 0.324 e. The molecule has 0 aliphatic rings. The van der Waals surface area contributed by atoms with Gasteiger partial charge in [0.1, 0.15) is 0 Å². The third-order valence-electron chi connectivity index (χ3n) is 1.45. The van der Waals surface area contributed by atoms with E-state index in [1.165, 1.54) is 0 Å². The molecule has 0 heterocycles. The van der Waals surface area contributed by atoms with Crippen LogP contribution < -0.4 is 0 Å². The molecule has 0 aliphatic heterocycles. The lowest BCUT2D eigenvalue weighted by Gasteiger charge is -2.06. The van der Waals surface area contributed by atoms with Gasteiger partial charge in [-0.1, -0.05) is 19.8 Å². The van der Waals surface area contributed by atoms with Crippen molar-refractivity contribution in [3.63, 3.8) is 0 Å². The Hall–Kier alpha value is -0.620. The third-order valence-corrected chi connectivity index (χ3v) is 2.61. The van der Waals surface area contributed by atoms with Crippen LogP contribution >= 0.6 is 0 Å². The van der Waals surface area contributed by atoms with Crippen molar-refractivity contribution in [3.05, 3.63) is 0 Å². The van der Waals surface area contributed by atoms with Crippen molar-refractivity contribution in [2.24, 2.45) is 0 Å². The monoisotopic (exact) mass is 196 g/mol. The molecule has 0 aromatic carbocycles. The van der Waals surface area contributed by atoms with Crippen LogP contribution in [0.2, 0.25) is 0 Å². The predicted octanol–water partition coefficient (Wildman–Crippen LogP) is 0.518. The molecule has 0 fully saturated rings. The van der Waals surface area contributed by atoms with Crippen molar-refractivity contribution >= 4 is 16.1 Å². The Balaban J connectivity index is 4.36. The van der Waals surface area contributed by atoms with Gasteiger partial charge in [-0.3, -0.25) is 9.35 Å². The summed E-state index contributed by atoms with van der Waals surface area (Å²) in [7, 11) is -4.44. The van der Waals surface area contributed by atoms with Gasteiger partial charge in [0.15, 0.2) is 5.25 Å². The van der Waals surface area contributed by atoms with Crippen molar-refractivity contribution in [2.75, 3.05) is 0 Å². The van der Waals surface area contributed by atoms with Crippen LogP contribution in [-0.4, -0.2) is 29.3 Å². The van der Waals surface area contributed by atoms with E-state index in [9.17, 15) is 13.2 Å². The van der Waals surface area contributed by atoms with Gasteiger partial charge in [0.05, 0.1) is 0 Å². The second-order valence-corrected chi connectivity index (χ2v) is 4.08. The molecule has 0 aromatic heterocycles. The number of hydrogen-bond acceptors (Lipinski definition) is 3. The fourth-order valence-corrected chi connectivity index (χ4v) is 1.51. The van der Waals surface area contributed by atoms with Crippen molar-refractivity contribution < 1.29 is 22.9 Å². The largest absolute Gasteiger partial charge is 0.480 e. The maximum atomic E-state index is 10.5. The van der Waals surface area contributed by atoms with Gasteiger partial charge in [-0.2, -0.15) is 8.42 Å². The van der Waals surface area contributed by atoms with E-state index in [2.05, 4.69) is 0 Å². The van der Waals surface area contributed by atoms with E-state index in [-0.39, 0.29) is 6.42 Å². The molecule has 2 N–H and O–H groups in total. The molecule has 0 saturated carbocycles. The molecule has 0 aliphatic carbocycles. The van der Waals surface area contributed by atoms with Gasteiger partial charge in [-0.25, -0.2) is 0 Å². The summed E-state index contributed by atoms with van der Waals surface area (Å²) in [6.07, 6.45) is 1.13. The van der Waals surface area contributed by atoms with Gasteiger partial charge in [0.2, 0.25) is 0 Å². The minimum Gasteiger partial charge on any atom is -0.480 e. The Kier molecular flexibility index (Phi) is 4.19. The zero-order valence-corrected chi connectivity index (χ0v) is 7.54. The van der Waals surface area contributed by atoms with E-state index in [0.29, 0.717) is 12.8 Å². The summed E-state index contributed by atoms with van der Waals surface area (Å²) in [4.78, 5) is 10.3. The van der Waals surface area contributed by atoms with Crippen LogP contribution in [0.25, 0.3) is 0 Å². The van der Waals surface area contributed by atoms with Crippen molar-refractivity contribution in [2.45, 2.75) is 31.4 Å². The minimum absolute atomic E-state index is 0.0370. The number of aliphatic carboxylic acids is 1. The first-order valence-corrected chi connectivity index (χ1v) is 5.09. The number of unbranched alkanes of at least 4 members (excludes halogenated alkanes) is 1. The summed E-state index contributed by atoms with van der Waals surface area (Å²) in [5.41, 5.74) is 0. The fraction of sp³-hybridized carbons (Fsp3) is 0.833. The molecular formula is C6H12O5S. The topological polar surface area (TPSA) is 91.7 Å². The van der Waals surface area contributed by atoms with Gasteiger partial charge < -0.3 is 5.11 Å². The number of hydrogen-bond donors (Lipinski definition) is 2. The normalized spacial score (nSPS) is 14.2. The molecule has 5 nitrogen and oxygen atoms in total. The highest BCUT2D eigenvalue weighted by molar-refractivity contribution is 7.87. The molecular weight excluding hydrogens is 184 g/mol. The Labute approximate surface area is 71.1 Å². The van der Waals surface area contributed by atoms with Crippen LogP contribution in [0, 0.1) is 0 Å². The molecule has 0 unspecified atom stereocenters. The number of carboxylic acids is 1. The first-order chi connectivity index (χ1) is 5.39. The summed E-state index contributed by atoms with van der Waals surface area (Å²) in [5, 5.41) is 6.73. The molecule has 0 radical (unpaired) electrons. The minimum atomic E-state index is -4.44. The molecule has 6 heteroatoms. The van der Waals surface area contributed by atoms with Gasteiger partial charge in [-0.05, 0) is 6.42 Å². The van der Waals surface area contributed by atoms with Gasteiger partial charge in [0, 0.05) is 0 Å². The summed E-state index contributed by atoms with van der Waals surface area (Å²) in [6.45, 7) is 1.81. The van der Waals surface area contributed by atoms with E-state index in [0.717, 1.165) is 0 Å². The highest BCUT2D eigenvalue weighted by atomic mass is 32.2. The SMILES string of the molecule is CCCC[C@H](C(=O)O)S(=O)(=O)O. The van der Waals surface area contributed by atoms with Crippen molar-refractivity contribution in [3.8, 4) is 0 Å². The summed E-state index contributed by atoms with van der Waals surface area (Å²) >= 11 is 0. The van der Waals surface area contributed by atoms with E-state index >= 15 is 0 Å². The van der Waals surface area contributed by atoms with E-state index in [1.54, 1.807) is 0 Å². The van der Waals surface area contributed by atoms with Gasteiger partial charge in [0.25, 0.3) is 10.1 Å². The summed E-state index contributed by atoms with van der Waals surface area (Å²) in [6, 6.07) is 0. The predicted molar refractivity (Wildman–Crippen MR) is 42.5 cm³/mol. The fourth-order valence-electron chi connectivity index (χ4n) is 0.789. The molecule has 0 spiro atoms. The number of carbonyl (C=O) groups is 1. The van der Waals surface area contributed by atoms with E-state index < -0.39 is 21.3 Å². The zero-order chi connectivity index (χ0) is 9.78. The van der Waals surface area contributed by atoms with Crippen LogP contribution in [-0.2, 0) is 14.9 Å². The van der Waals surface area contributed by atoms with Crippen LogP contribution in [0.1, 0.15) is 26.2 Å². The lowest BCUT2D eigenvalue weighted by Crippen LogP contribution is -2.29. The van der Waals surface area contributed by atoms with Crippen LogP contribution in [0.3, 0.4) is 0 Å². The highest BCUT2D eigenvalue weighted by Gasteiger charge is 2.29. The molecule has 0 amide bonds. The van der Waals surface area contributed by atoms with E-state index in [1.807, 2.05) is 6.92 Å². The van der Waals surface area contributed by atoms with Crippen LogP contribution in [0.15, 0.2) is 0 Å². The summed E-state index contributed by atoms with van der Waals surface area (Å²) < 4.78 is 29.4. The Morgan fingerprint density at radius 2 is 2.00 bits per heavy atom. The Bertz CT molecular complexity index is 243. The Morgan fingerprint density at radius 1 is 1.50 bits per heavy atom. The number of carboxylic acid groups (broad SMARTS) is 1. The molecule has 12 heavy (non-hydrogen) atoms. The molecule has 72 valence electrons. The lowest BCUT2D eigenvalue weighted by molar-refractivity contribution is -0.136. The second kappa shape index (κ2) is 4.42. The van der Waals surface area contributed by atoms with Crippen molar-refractivity contribution in [1.82, 2.24) is 0 Å². The number of rotatable bonds is 5. The average molecular weight is 196 g/mol. The van der Waals surface area contributed by atoms with Gasteiger partial charge >= 0.3 is 5.97 Å². The Morgan fingerprint density at radius 3 is 2.25 bits per heavy atom. The highest BCUT2D eigenvalue weighted by Crippen LogP contribution is 2.08. The van der Waals surface area contributed by atoms with Crippen LogP contribution in [0.4, 0.5) is 0 Å². The quantitative estimate of drug-likeness (QED) is 0.625. The van der Waals surface area contributed by atoms with E-state index in [4.69, 9.17) is 9.66 Å². The first kappa shape index (κ1) is 11.4. The van der Waals surface area contributed by atoms with Gasteiger partial charge in [-0.15, -0.1) is 0 Å². The van der Waals surface area contributed by atoms with Crippen molar-refractivity contribution in [1.29, 1.82) is 0 Å². The zero-order valence-electron chi connectivity index (χ0n) is 6.73. The maximum absolute atomic E-state index is 10.5. The molecule has 0 saturated heterocycles.